The Kier molecular flexibility index (Phi) is 3.61. The van der Waals surface area contributed by atoms with Crippen LogP contribution in [0.5, 0.6) is 0 Å². The van der Waals surface area contributed by atoms with Crippen molar-refractivity contribution in [3.63, 3.8) is 0 Å². The van der Waals surface area contributed by atoms with Gasteiger partial charge in [-0.05, 0) is 0 Å². The summed E-state index contributed by atoms with van der Waals surface area (Å²) in [7, 11) is -6.64. The summed E-state index contributed by atoms with van der Waals surface area (Å²) in [6, 6.07) is 0. The molecule has 0 N–H and O–H groups in total. The van der Waals surface area contributed by atoms with E-state index in [4.69, 9.17) is 0 Å². The molecule has 0 aromatic rings. The van der Waals surface area contributed by atoms with Gasteiger partial charge in [0, 0.05) is 0 Å². The minimum atomic E-state index is -6.64. The first-order valence-corrected chi connectivity index (χ1v) is 4.32. The molecule has 90 valence electrons. The van der Waals surface area contributed by atoms with Crippen LogP contribution in [0.2, 0.25) is 0 Å². The van der Waals surface area contributed by atoms with E-state index in [1.54, 1.807) is 0 Å². The van der Waals surface area contributed by atoms with Gasteiger partial charge in [0.25, 0.3) is 0 Å². The fourth-order valence-electron chi connectivity index (χ4n) is 0.331. The number of carbonyl (C=O) groups is 1. The van der Waals surface area contributed by atoms with Crippen LogP contribution in [0.15, 0.2) is 0 Å². The van der Waals surface area contributed by atoms with Crippen molar-refractivity contribution < 1.29 is 43.8 Å². The van der Waals surface area contributed by atoms with Crippen LogP contribution in [0.25, 0.3) is 0 Å². The van der Waals surface area contributed by atoms with E-state index in [9.17, 15) is 39.1 Å². The summed E-state index contributed by atoms with van der Waals surface area (Å²) in [5.41, 5.74) is 0. The molecule has 0 radical (unpaired) electrons. The van der Waals surface area contributed by atoms with Gasteiger partial charge in [-0.25, -0.2) is 4.79 Å². The average molecular weight is 260 g/mol. The van der Waals surface area contributed by atoms with E-state index in [0.29, 0.717) is 0 Å². The van der Waals surface area contributed by atoms with Crippen molar-refractivity contribution in [2.75, 3.05) is 6.61 Å². The Labute approximate surface area is 79.0 Å². The van der Waals surface area contributed by atoms with Crippen molar-refractivity contribution in [1.82, 2.24) is 0 Å². The maximum absolute atomic E-state index is 12.1. The summed E-state index contributed by atoms with van der Waals surface area (Å²) < 4.78 is 92.0. The molecule has 0 aromatic carbocycles. The lowest BCUT2D eigenvalue weighted by Crippen LogP contribution is -2.38. The molecule has 0 aliphatic heterocycles. The van der Waals surface area contributed by atoms with Gasteiger partial charge in [-0.15, -0.1) is 0 Å². The number of ether oxygens (including phenoxy) is 1. The molecule has 0 saturated heterocycles. The lowest BCUT2D eigenvalue weighted by Gasteiger charge is -2.12. The lowest BCUT2D eigenvalue weighted by atomic mass is 10.6. The molecule has 0 aliphatic carbocycles. The van der Waals surface area contributed by atoms with E-state index in [-0.39, 0.29) is 0 Å². The Hall–Kier alpha value is -1.00. The molecule has 0 bridgehead atoms. The van der Waals surface area contributed by atoms with Crippen molar-refractivity contribution >= 4 is 16.2 Å². The zero-order valence-corrected chi connectivity index (χ0v) is 7.33. The minimum Gasteiger partial charge on any atom is -0.451 e. The predicted octanol–water partition coefficient (Wildman–Crippen LogP) is 0.984. The number of hydrogen-bond donors (Lipinski definition) is 0. The first-order chi connectivity index (χ1) is 6.38. The topological polar surface area (TPSA) is 60.4 Å². The number of rotatable bonds is 3. The van der Waals surface area contributed by atoms with Crippen LogP contribution in [0, 0.1) is 0 Å². The molecular formula is C4H2F6O4S. The standard InChI is InChI=1S/C4H2F6O4S/c5-3(6,7)1-14-2(11)4(8,9)15(10,12)13/h1H2. The fraction of sp³-hybridized carbons (Fsp3) is 0.750. The van der Waals surface area contributed by atoms with Crippen molar-refractivity contribution in [3.05, 3.63) is 0 Å². The molecule has 0 aromatic heterocycles. The summed E-state index contributed by atoms with van der Waals surface area (Å²) in [5.74, 6) is -3.12. The van der Waals surface area contributed by atoms with E-state index in [0.717, 1.165) is 0 Å². The molecule has 0 saturated carbocycles. The predicted molar refractivity (Wildman–Crippen MR) is 32.0 cm³/mol. The largest absolute Gasteiger partial charge is 0.470 e. The maximum atomic E-state index is 12.1. The van der Waals surface area contributed by atoms with Gasteiger partial charge < -0.3 is 4.74 Å². The third-order valence-corrected chi connectivity index (χ3v) is 1.69. The first kappa shape index (κ1) is 14.0. The van der Waals surface area contributed by atoms with Crippen LogP contribution in [-0.2, 0) is 19.8 Å². The van der Waals surface area contributed by atoms with Gasteiger partial charge in [-0.1, -0.05) is 3.89 Å². The van der Waals surface area contributed by atoms with Crippen LogP contribution >= 0.6 is 0 Å². The Morgan fingerprint density at radius 2 is 1.53 bits per heavy atom. The maximum Gasteiger partial charge on any atom is 0.470 e. The van der Waals surface area contributed by atoms with Crippen LogP contribution in [0.1, 0.15) is 0 Å². The molecule has 0 atom stereocenters. The van der Waals surface area contributed by atoms with Crippen molar-refractivity contribution in [2.24, 2.45) is 0 Å². The minimum absolute atomic E-state index is 2.43. The zero-order chi connectivity index (χ0) is 12.5. The van der Waals surface area contributed by atoms with Gasteiger partial charge in [-0.2, -0.15) is 30.4 Å². The van der Waals surface area contributed by atoms with E-state index < -0.39 is 34.2 Å². The molecular weight excluding hydrogens is 258 g/mol. The zero-order valence-electron chi connectivity index (χ0n) is 6.52. The van der Waals surface area contributed by atoms with Crippen molar-refractivity contribution in [3.8, 4) is 0 Å². The summed E-state index contributed by atoms with van der Waals surface area (Å²) in [6.07, 6.45) is -5.12. The number of esters is 1. The van der Waals surface area contributed by atoms with Crippen LogP contribution in [0.4, 0.5) is 25.8 Å². The molecule has 0 aliphatic rings. The number of carbonyl (C=O) groups excluding carboxylic acids is 1. The van der Waals surface area contributed by atoms with Gasteiger partial charge in [-0.3, -0.25) is 0 Å². The molecule has 0 spiro atoms. The molecule has 0 heterocycles. The highest BCUT2D eigenvalue weighted by atomic mass is 32.3. The molecule has 15 heavy (non-hydrogen) atoms. The Balaban J connectivity index is 4.62. The first-order valence-electron chi connectivity index (χ1n) is 2.94. The average Bonchev–Trinajstić information content (AvgIpc) is 1.96. The number of hydrogen-bond acceptors (Lipinski definition) is 4. The molecule has 4 nitrogen and oxygen atoms in total. The second-order valence-electron chi connectivity index (χ2n) is 2.15. The van der Waals surface area contributed by atoms with E-state index in [1.807, 2.05) is 0 Å². The van der Waals surface area contributed by atoms with Gasteiger partial charge in [0.05, 0.1) is 0 Å². The van der Waals surface area contributed by atoms with Gasteiger partial charge in [0.2, 0.25) is 0 Å². The fourth-order valence-corrected chi connectivity index (χ4v) is 0.589. The lowest BCUT2D eigenvalue weighted by molar-refractivity contribution is -0.196. The SMILES string of the molecule is O=C(OCC(F)(F)F)C(F)(F)S(=O)(=O)F. The summed E-state index contributed by atoms with van der Waals surface area (Å²) in [4.78, 5) is 10.1. The molecule has 0 unspecified atom stereocenters. The molecule has 0 fully saturated rings. The summed E-state index contributed by atoms with van der Waals surface area (Å²) >= 11 is 0. The molecule has 0 rings (SSSR count). The van der Waals surface area contributed by atoms with Crippen molar-refractivity contribution in [2.45, 2.75) is 11.4 Å². The Bertz CT molecular complexity index is 343. The van der Waals surface area contributed by atoms with Gasteiger partial charge >= 0.3 is 27.6 Å². The normalized spacial score (nSPS) is 13.7. The quantitative estimate of drug-likeness (QED) is 0.431. The highest BCUT2D eigenvalue weighted by Gasteiger charge is 2.56. The smallest absolute Gasteiger partial charge is 0.451 e. The highest BCUT2D eigenvalue weighted by Crippen LogP contribution is 2.26. The monoisotopic (exact) mass is 260 g/mol. The van der Waals surface area contributed by atoms with E-state index >= 15 is 0 Å². The van der Waals surface area contributed by atoms with E-state index in [1.165, 1.54) is 0 Å². The number of halogens is 6. The second kappa shape index (κ2) is 3.87. The van der Waals surface area contributed by atoms with Crippen LogP contribution < -0.4 is 0 Å². The Morgan fingerprint density at radius 1 is 1.13 bits per heavy atom. The van der Waals surface area contributed by atoms with Gasteiger partial charge in [0.15, 0.2) is 6.61 Å². The number of alkyl halides is 5. The molecule has 0 amide bonds. The summed E-state index contributed by atoms with van der Waals surface area (Å²) in [6.45, 7) is -2.43. The van der Waals surface area contributed by atoms with E-state index in [2.05, 4.69) is 4.74 Å². The second-order valence-corrected chi connectivity index (χ2v) is 3.53. The third-order valence-electron chi connectivity index (χ3n) is 0.911. The van der Waals surface area contributed by atoms with Crippen molar-refractivity contribution in [1.29, 1.82) is 0 Å². The highest BCUT2D eigenvalue weighted by molar-refractivity contribution is 7.88. The van der Waals surface area contributed by atoms with Gasteiger partial charge in [0.1, 0.15) is 0 Å². The van der Waals surface area contributed by atoms with Crippen LogP contribution in [-0.4, -0.2) is 32.4 Å². The third kappa shape index (κ3) is 3.93. The Morgan fingerprint density at radius 3 is 1.80 bits per heavy atom. The summed E-state index contributed by atoms with van der Waals surface area (Å²) in [5, 5.41) is -5.64. The van der Waals surface area contributed by atoms with Crippen LogP contribution in [0.3, 0.4) is 0 Å². The molecule has 11 heteroatoms.